The van der Waals surface area contributed by atoms with Crippen LogP contribution >= 0.6 is 15.9 Å². The number of carboxylic acids is 1. The Morgan fingerprint density at radius 1 is 0.969 bits per heavy atom. The molecular weight excluding hydrogens is 501 g/mol. The van der Waals surface area contributed by atoms with Crippen molar-refractivity contribution in [3.63, 3.8) is 0 Å². The fourth-order valence-electron chi connectivity index (χ4n) is 4.55. The monoisotopic (exact) mass is 521 g/mol. The van der Waals surface area contributed by atoms with Crippen molar-refractivity contribution in [2.75, 3.05) is 11.9 Å². The molecule has 3 aromatic rings. The maximum atomic E-state index is 13.1. The summed E-state index contributed by atoms with van der Waals surface area (Å²) in [7, 11) is -3.18. The molecule has 0 bridgehead atoms. The zero-order chi connectivity index (χ0) is 23.8. The Hall–Kier alpha value is -2.75. The van der Waals surface area contributed by atoms with E-state index in [4.69, 9.17) is 13.0 Å². The third-order valence-corrected chi connectivity index (χ3v) is 5.99. The number of anilines is 2. The van der Waals surface area contributed by atoms with E-state index in [1.54, 1.807) is 0 Å². The molecule has 1 aliphatic rings. The highest BCUT2D eigenvalue weighted by Gasteiger charge is 2.51. The molecule has 0 aliphatic carbocycles. The second-order valence-electron chi connectivity index (χ2n) is 7.48. The predicted molar refractivity (Wildman–Crippen MR) is 125 cm³/mol. The lowest BCUT2D eigenvalue weighted by atomic mass is 9.64. The van der Waals surface area contributed by atoms with Crippen molar-refractivity contribution >= 4 is 43.8 Å². The van der Waals surface area contributed by atoms with E-state index in [2.05, 4.69) is 20.8 Å². The Bertz CT molecular complexity index is 1230. The van der Waals surface area contributed by atoms with Gasteiger partial charge in [0.2, 0.25) is 0 Å². The Kier molecular flexibility index (Phi) is 6.46. The van der Waals surface area contributed by atoms with Crippen LogP contribution in [0.25, 0.3) is 0 Å². The number of hydrogen-bond donors (Lipinski definition) is 2. The first-order chi connectivity index (χ1) is 14.9. The number of nitrogens with zero attached hydrogens (tertiary/aromatic N) is 1. The minimum Gasteiger partial charge on any atom is -0.480 e. The largest absolute Gasteiger partial charge is 0.480 e. The summed E-state index contributed by atoms with van der Waals surface area (Å²) in [5, 5.41) is 10.7. The second kappa shape index (κ2) is 8.65. The highest BCUT2D eigenvalue weighted by Crippen LogP contribution is 2.53. The number of benzene rings is 3. The van der Waals surface area contributed by atoms with Gasteiger partial charge in [0.1, 0.15) is 5.41 Å². The topological polar surface area (TPSA) is 94.9 Å². The van der Waals surface area contributed by atoms with Crippen molar-refractivity contribution in [1.82, 2.24) is 0 Å². The van der Waals surface area contributed by atoms with Crippen LogP contribution in [0.3, 0.4) is 0 Å². The molecule has 0 radical (unpaired) electrons. The first-order valence-electron chi connectivity index (χ1n) is 9.49. The molecular formula is C23H21BrFNO5S. The van der Waals surface area contributed by atoms with Gasteiger partial charge in [0.15, 0.2) is 0 Å². The molecule has 1 aliphatic heterocycles. The third kappa shape index (κ3) is 4.15. The van der Waals surface area contributed by atoms with Crippen LogP contribution in [0.2, 0.25) is 0 Å². The zero-order valence-electron chi connectivity index (χ0n) is 17.5. The highest BCUT2D eigenvalue weighted by atomic mass is 79.9. The van der Waals surface area contributed by atoms with Gasteiger partial charge in [0.25, 0.3) is 0 Å². The molecule has 6 nitrogen and oxygen atoms in total. The van der Waals surface area contributed by atoms with Crippen LogP contribution < -0.4 is 4.90 Å². The van der Waals surface area contributed by atoms with Crippen LogP contribution in [-0.2, 0) is 20.7 Å². The van der Waals surface area contributed by atoms with Gasteiger partial charge < -0.3 is 10.0 Å². The summed E-state index contributed by atoms with van der Waals surface area (Å²) >= 11 is 3.54. The minimum atomic E-state index is -5.17. The SMILES string of the molecule is Cc1cc(Br)cc(C)c1C1(C(=O)O)c2ccccc2N(C)c2ccccc21.O=S(=O)(O)F. The van der Waals surface area contributed by atoms with Gasteiger partial charge in [0, 0.05) is 34.0 Å². The molecule has 4 rings (SSSR count). The Morgan fingerprint density at radius 2 is 1.34 bits per heavy atom. The average Bonchev–Trinajstić information content (AvgIpc) is 2.68. The van der Waals surface area contributed by atoms with Crippen molar-refractivity contribution < 1.29 is 26.8 Å². The van der Waals surface area contributed by atoms with Crippen LogP contribution in [0.4, 0.5) is 15.3 Å². The van der Waals surface area contributed by atoms with E-state index in [-0.39, 0.29) is 0 Å². The lowest BCUT2D eigenvalue weighted by molar-refractivity contribution is -0.140. The Labute approximate surface area is 194 Å². The Morgan fingerprint density at radius 3 is 1.72 bits per heavy atom. The van der Waals surface area contributed by atoms with E-state index in [1.165, 1.54) is 0 Å². The number of carboxylic acid groups (broad SMARTS) is 1. The van der Waals surface area contributed by atoms with Crippen molar-refractivity contribution in [1.29, 1.82) is 0 Å². The molecule has 2 N–H and O–H groups in total. The van der Waals surface area contributed by atoms with E-state index in [9.17, 15) is 13.8 Å². The van der Waals surface area contributed by atoms with Gasteiger partial charge in [-0.25, -0.2) is 0 Å². The maximum Gasteiger partial charge on any atom is 0.435 e. The summed E-state index contributed by atoms with van der Waals surface area (Å²) in [6.07, 6.45) is 0. The molecule has 0 saturated heterocycles. The maximum absolute atomic E-state index is 13.1. The molecule has 0 saturated carbocycles. The molecule has 0 fully saturated rings. The smallest absolute Gasteiger partial charge is 0.435 e. The fourth-order valence-corrected chi connectivity index (χ4v) is 5.24. The van der Waals surface area contributed by atoms with Gasteiger partial charge in [-0.05, 0) is 54.8 Å². The zero-order valence-corrected chi connectivity index (χ0v) is 19.9. The lowest BCUT2D eigenvalue weighted by Crippen LogP contribution is -2.44. The molecule has 0 unspecified atom stereocenters. The summed E-state index contributed by atoms with van der Waals surface area (Å²) in [5.41, 5.74) is 4.93. The molecule has 0 atom stereocenters. The summed E-state index contributed by atoms with van der Waals surface area (Å²) < 4.78 is 35.0. The number of hydrogen-bond acceptors (Lipinski definition) is 4. The van der Waals surface area contributed by atoms with Gasteiger partial charge >= 0.3 is 16.5 Å². The van der Waals surface area contributed by atoms with E-state index in [0.717, 1.165) is 43.7 Å². The van der Waals surface area contributed by atoms with Gasteiger partial charge in [-0.1, -0.05) is 56.2 Å². The van der Waals surface area contributed by atoms with Gasteiger partial charge in [-0.3, -0.25) is 9.35 Å². The van der Waals surface area contributed by atoms with Crippen molar-refractivity contribution in [2.45, 2.75) is 19.3 Å². The first-order valence-corrected chi connectivity index (χ1v) is 11.6. The summed E-state index contributed by atoms with van der Waals surface area (Å²) in [5.74, 6) is -0.857. The number of halogens is 2. The summed E-state index contributed by atoms with van der Waals surface area (Å²) in [6.45, 7) is 3.97. The van der Waals surface area contributed by atoms with Crippen LogP contribution in [0.5, 0.6) is 0 Å². The van der Waals surface area contributed by atoms with Gasteiger partial charge in [0.05, 0.1) is 0 Å². The van der Waals surface area contributed by atoms with Crippen LogP contribution in [0.1, 0.15) is 27.8 Å². The molecule has 168 valence electrons. The standard InChI is InChI=1S/C23H20BrNO2.FHO3S/c1-14-12-16(24)13-15(2)21(14)23(22(26)27)17-8-4-6-10-19(17)25(3)20-11-7-5-9-18(20)23;1-5(2,3)4/h4-13H,1-3H3,(H,26,27);(H,2,3,4). The first kappa shape index (κ1) is 23.9. The average molecular weight is 522 g/mol. The number of aryl methyl sites for hydroxylation is 2. The van der Waals surface area contributed by atoms with Crippen LogP contribution in [0.15, 0.2) is 65.1 Å². The van der Waals surface area contributed by atoms with Gasteiger partial charge in [-0.15, -0.1) is 0 Å². The second-order valence-corrected chi connectivity index (χ2v) is 9.22. The van der Waals surface area contributed by atoms with Crippen LogP contribution in [0, 0.1) is 13.8 Å². The summed E-state index contributed by atoms with van der Waals surface area (Å²) in [6, 6.07) is 19.6. The van der Waals surface area contributed by atoms with Crippen molar-refractivity contribution in [2.24, 2.45) is 0 Å². The van der Waals surface area contributed by atoms with Crippen molar-refractivity contribution in [3.8, 4) is 0 Å². The number of carbonyl (C=O) groups is 1. The normalized spacial score (nSPS) is 14.0. The third-order valence-electron chi connectivity index (χ3n) is 5.53. The van der Waals surface area contributed by atoms with E-state index in [1.807, 2.05) is 81.6 Å². The van der Waals surface area contributed by atoms with E-state index >= 15 is 0 Å². The quantitative estimate of drug-likeness (QED) is 0.349. The Balaban J connectivity index is 0.000000523. The van der Waals surface area contributed by atoms with E-state index < -0.39 is 21.9 Å². The fraction of sp³-hybridized carbons (Fsp3) is 0.174. The molecule has 1 heterocycles. The molecule has 0 amide bonds. The number of para-hydroxylation sites is 2. The minimum absolute atomic E-state index is 0.798. The summed E-state index contributed by atoms with van der Waals surface area (Å²) in [4.78, 5) is 15.1. The van der Waals surface area contributed by atoms with Crippen molar-refractivity contribution in [3.05, 3.63) is 93.0 Å². The highest BCUT2D eigenvalue weighted by molar-refractivity contribution is 9.10. The number of rotatable bonds is 2. The number of aliphatic carboxylic acids is 1. The molecule has 3 aromatic carbocycles. The molecule has 0 spiro atoms. The van der Waals surface area contributed by atoms with Gasteiger partial charge in [-0.2, -0.15) is 8.42 Å². The van der Waals surface area contributed by atoms with Crippen LogP contribution in [-0.4, -0.2) is 31.1 Å². The molecule has 9 heteroatoms. The number of fused-ring (bicyclic) bond motifs is 2. The lowest BCUT2D eigenvalue weighted by Gasteiger charge is -2.43. The molecule has 32 heavy (non-hydrogen) atoms. The predicted octanol–water partition coefficient (Wildman–Crippen LogP) is 5.32. The van der Waals surface area contributed by atoms with E-state index in [0.29, 0.717) is 0 Å². The molecule has 0 aromatic heterocycles.